The highest BCUT2D eigenvalue weighted by Gasteiger charge is 2.40. The van der Waals surface area contributed by atoms with Crippen molar-refractivity contribution in [3.8, 4) is 0 Å². The van der Waals surface area contributed by atoms with Crippen LogP contribution in [0.3, 0.4) is 0 Å². The summed E-state index contributed by atoms with van der Waals surface area (Å²) >= 11 is 0. The first-order chi connectivity index (χ1) is 10.2. The van der Waals surface area contributed by atoms with E-state index >= 15 is 0 Å². The van der Waals surface area contributed by atoms with Crippen molar-refractivity contribution in [1.82, 2.24) is 19.8 Å². The van der Waals surface area contributed by atoms with Crippen molar-refractivity contribution in [2.45, 2.75) is 38.4 Å². The number of amides is 1. The summed E-state index contributed by atoms with van der Waals surface area (Å²) in [5.74, 6) is 1.22. The summed E-state index contributed by atoms with van der Waals surface area (Å²) in [7, 11) is 0. The van der Waals surface area contributed by atoms with Gasteiger partial charge < -0.3 is 9.88 Å². The van der Waals surface area contributed by atoms with Gasteiger partial charge in [0, 0.05) is 19.1 Å². The molecule has 1 aromatic heterocycles. The molecule has 0 saturated carbocycles. The number of aromatic amines is 1. The second kappa shape index (κ2) is 4.84. The highest BCUT2D eigenvalue weighted by Crippen LogP contribution is 2.26. The molecule has 4 rings (SSSR count). The Hall–Kier alpha value is -1.88. The maximum absolute atomic E-state index is 12.4. The van der Waals surface area contributed by atoms with Crippen LogP contribution in [-0.4, -0.2) is 50.8 Å². The number of carbonyl (C=O) groups excluding carboxylic acids is 1. The van der Waals surface area contributed by atoms with Crippen molar-refractivity contribution in [2.75, 3.05) is 13.1 Å². The molecule has 2 aliphatic rings. The summed E-state index contributed by atoms with van der Waals surface area (Å²) in [6, 6.07) is 8.41. The molecule has 2 saturated heterocycles. The van der Waals surface area contributed by atoms with Crippen LogP contribution in [0.1, 0.15) is 25.6 Å². The molecule has 1 aromatic carbocycles. The van der Waals surface area contributed by atoms with E-state index in [1.54, 1.807) is 0 Å². The van der Waals surface area contributed by atoms with Crippen LogP contribution in [0, 0.1) is 0 Å². The Bertz CT molecular complexity index is 647. The van der Waals surface area contributed by atoms with Gasteiger partial charge in [-0.1, -0.05) is 12.1 Å². The van der Waals surface area contributed by atoms with Crippen LogP contribution in [0.2, 0.25) is 0 Å². The number of hydrogen-bond donors (Lipinski definition) is 1. The molecule has 1 amide bonds. The van der Waals surface area contributed by atoms with Crippen LogP contribution in [0.4, 0.5) is 0 Å². The minimum Gasteiger partial charge on any atom is -0.341 e. The number of piperazine rings is 1. The van der Waals surface area contributed by atoms with E-state index in [1.165, 1.54) is 0 Å². The number of rotatable bonds is 2. The zero-order valence-electron chi connectivity index (χ0n) is 12.2. The van der Waals surface area contributed by atoms with E-state index in [1.807, 2.05) is 31.2 Å². The molecule has 0 spiro atoms. The third kappa shape index (κ3) is 2.12. The number of fused-ring (bicyclic) bond motifs is 2. The SMILES string of the molecule is C[C@H]1C(=O)N2CCC[C@H]2CN1Cc1nc2ccccc2[nH]1. The molecular formula is C16H20N4O. The lowest BCUT2D eigenvalue weighted by atomic mass is 10.1. The molecule has 21 heavy (non-hydrogen) atoms. The van der Waals surface area contributed by atoms with Gasteiger partial charge in [-0.15, -0.1) is 0 Å². The predicted molar refractivity (Wildman–Crippen MR) is 80.7 cm³/mol. The second-order valence-corrected chi connectivity index (χ2v) is 6.13. The van der Waals surface area contributed by atoms with E-state index in [0.29, 0.717) is 12.6 Å². The smallest absolute Gasteiger partial charge is 0.239 e. The van der Waals surface area contributed by atoms with E-state index in [0.717, 1.165) is 42.8 Å². The van der Waals surface area contributed by atoms with Crippen molar-refractivity contribution < 1.29 is 4.79 Å². The van der Waals surface area contributed by atoms with Gasteiger partial charge in [-0.3, -0.25) is 9.69 Å². The third-order valence-corrected chi connectivity index (χ3v) is 4.80. The summed E-state index contributed by atoms with van der Waals surface area (Å²) in [5, 5.41) is 0. The number of carbonyl (C=O) groups is 1. The summed E-state index contributed by atoms with van der Waals surface area (Å²) in [6.45, 7) is 4.63. The third-order valence-electron chi connectivity index (χ3n) is 4.80. The van der Waals surface area contributed by atoms with Crippen molar-refractivity contribution >= 4 is 16.9 Å². The number of imidazole rings is 1. The predicted octanol–water partition coefficient (Wildman–Crippen LogP) is 1.76. The first kappa shape index (κ1) is 12.8. The van der Waals surface area contributed by atoms with E-state index in [2.05, 4.69) is 19.8 Å². The van der Waals surface area contributed by atoms with Crippen LogP contribution in [-0.2, 0) is 11.3 Å². The maximum Gasteiger partial charge on any atom is 0.239 e. The van der Waals surface area contributed by atoms with Crippen LogP contribution in [0.5, 0.6) is 0 Å². The van der Waals surface area contributed by atoms with Crippen molar-refractivity contribution in [3.63, 3.8) is 0 Å². The number of para-hydroxylation sites is 2. The minimum absolute atomic E-state index is 0.0486. The minimum atomic E-state index is -0.0486. The average molecular weight is 284 g/mol. The lowest BCUT2D eigenvalue weighted by Gasteiger charge is -2.41. The number of hydrogen-bond acceptors (Lipinski definition) is 3. The summed E-state index contributed by atoms with van der Waals surface area (Å²) in [6.07, 6.45) is 2.27. The number of H-pyrrole nitrogens is 1. The summed E-state index contributed by atoms with van der Waals surface area (Å²) < 4.78 is 0. The Morgan fingerprint density at radius 2 is 2.24 bits per heavy atom. The normalized spacial score (nSPS) is 26.5. The molecule has 2 aliphatic heterocycles. The average Bonchev–Trinajstić information content (AvgIpc) is 3.10. The Balaban J connectivity index is 1.57. The monoisotopic (exact) mass is 284 g/mol. The highest BCUT2D eigenvalue weighted by atomic mass is 16.2. The second-order valence-electron chi connectivity index (χ2n) is 6.13. The molecule has 2 aromatic rings. The molecule has 0 radical (unpaired) electrons. The number of nitrogens with one attached hydrogen (secondary N) is 1. The molecule has 2 fully saturated rings. The molecular weight excluding hydrogens is 264 g/mol. The molecule has 110 valence electrons. The number of nitrogens with zero attached hydrogens (tertiary/aromatic N) is 3. The Labute approximate surface area is 123 Å². The first-order valence-corrected chi connectivity index (χ1v) is 7.70. The highest BCUT2D eigenvalue weighted by molar-refractivity contribution is 5.83. The van der Waals surface area contributed by atoms with Crippen LogP contribution >= 0.6 is 0 Å². The van der Waals surface area contributed by atoms with Gasteiger partial charge in [0.1, 0.15) is 5.82 Å². The fraction of sp³-hybridized carbons (Fsp3) is 0.500. The van der Waals surface area contributed by atoms with Gasteiger partial charge in [0.25, 0.3) is 0 Å². The summed E-state index contributed by atoms with van der Waals surface area (Å²) in [5.41, 5.74) is 2.05. The zero-order valence-corrected chi connectivity index (χ0v) is 12.2. The van der Waals surface area contributed by atoms with E-state index in [4.69, 9.17) is 0 Å². The quantitative estimate of drug-likeness (QED) is 0.914. The summed E-state index contributed by atoms with van der Waals surface area (Å²) in [4.78, 5) is 24.7. The fourth-order valence-electron chi connectivity index (χ4n) is 3.62. The Kier molecular flexibility index (Phi) is 2.96. The van der Waals surface area contributed by atoms with E-state index in [-0.39, 0.29) is 11.9 Å². The molecule has 1 N–H and O–H groups in total. The lowest BCUT2D eigenvalue weighted by Crippen LogP contribution is -2.58. The van der Waals surface area contributed by atoms with Gasteiger partial charge in [-0.05, 0) is 31.9 Å². The Morgan fingerprint density at radius 3 is 3.10 bits per heavy atom. The zero-order chi connectivity index (χ0) is 14.4. The molecule has 3 heterocycles. The fourth-order valence-corrected chi connectivity index (χ4v) is 3.62. The van der Waals surface area contributed by atoms with Crippen molar-refractivity contribution in [1.29, 1.82) is 0 Å². The van der Waals surface area contributed by atoms with Crippen molar-refractivity contribution in [3.05, 3.63) is 30.1 Å². The van der Waals surface area contributed by atoms with Crippen LogP contribution in [0.15, 0.2) is 24.3 Å². The molecule has 0 bridgehead atoms. The molecule has 2 atom stereocenters. The number of aromatic nitrogens is 2. The Morgan fingerprint density at radius 1 is 1.38 bits per heavy atom. The van der Waals surface area contributed by atoms with E-state index in [9.17, 15) is 4.79 Å². The molecule has 5 heteroatoms. The van der Waals surface area contributed by atoms with Gasteiger partial charge in [0.05, 0.1) is 23.6 Å². The largest absolute Gasteiger partial charge is 0.341 e. The maximum atomic E-state index is 12.4. The van der Waals surface area contributed by atoms with Crippen molar-refractivity contribution in [2.24, 2.45) is 0 Å². The van der Waals surface area contributed by atoms with Crippen LogP contribution in [0.25, 0.3) is 11.0 Å². The molecule has 5 nitrogen and oxygen atoms in total. The van der Waals surface area contributed by atoms with Gasteiger partial charge in [0.15, 0.2) is 0 Å². The first-order valence-electron chi connectivity index (χ1n) is 7.70. The number of benzene rings is 1. The van der Waals surface area contributed by atoms with Gasteiger partial charge in [-0.2, -0.15) is 0 Å². The van der Waals surface area contributed by atoms with Crippen LogP contribution < -0.4 is 0 Å². The standard InChI is InChI=1S/C16H20N4O/c1-11-16(21)20-8-4-5-12(20)9-19(11)10-15-17-13-6-2-3-7-14(13)18-15/h2-3,6-7,11-12H,4-5,8-10H2,1H3,(H,17,18)/t11-,12-/m0/s1. The molecule has 0 unspecified atom stereocenters. The van der Waals surface area contributed by atoms with Gasteiger partial charge in [-0.25, -0.2) is 4.98 Å². The topological polar surface area (TPSA) is 52.2 Å². The lowest BCUT2D eigenvalue weighted by molar-refractivity contribution is -0.143. The van der Waals surface area contributed by atoms with E-state index < -0.39 is 0 Å². The molecule has 0 aliphatic carbocycles. The van der Waals surface area contributed by atoms with Gasteiger partial charge >= 0.3 is 0 Å². The van der Waals surface area contributed by atoms with Gasteiger partial charge in [0.2, 0.25) is 5.91 Å².